The average molecular weight is 193 g/mol. The van der Waals surface area contributed by atoms with Gasteiger partial charge in [-0.3, -0.25) is 0 Å². The van der Waals surface area contributed by atoms with E-state index in [2.05, 4.69) is 10.4 Å². The van der Waals surface area contributed by atoms with Crippen LogP contribution >= 0.6 is 0 Å². The number of hydrogen-bond acceptors (Lipinski definition) is 4. The van der Waals surface area contributed by atoms with Gasteiger partial charge in [-0.1, -0.05) is 0 Å². The summed E-state index contributed by atoms with van der Waals surface area (Å²) in [7, 11) is 0. The summed E-state index contributed by atoms with van der Waals surface area (Å²) in [5.41, 5.74) is 4.45. The van der Waals surface area contributed by atoms with Crippen molar-refractivity contribution in [3.8, 4) is 0 Å². The van der Waals surface area contributed by atoms with Crippen LogP contribution in [0.2, 0.25) is 0 Å². The largest absolute Gasteiger partial charge is 0.478 e. The third kappa shape index (κ3) is 1.31. The van der Waals surface area contributed by atoms with Gasteiger partial charge in [-0.05, 0) is 30.9 Å². The number of carboxylic acid groups (broad SMARTS) is 1. The summed E-state index contributed by atoms with van der Waals surface area (Å²) in [6.45, 7) is 0. The highest BCUT2D eigenvalue weighted by Gasteiger charge is 2.19. The first-order valence-corrected chi connectivity index (χ1v) is 4.45. The fourth-order valence-corrected chi connectivity index (χ4v) is 1.75. The number of nitrogen functional groups attached to an aromatic ring is 1. The van der Waals surface area contributed by atoms with Crippen molar-refractivity contribution in [2.24, 2.45) is 5.84 Å². The lowest BCUT2D eigenvalue weighted by Gasteiger charge is -2.07. The van der Waals surface area contributed by atoms with Gasteiger partial charge in [0, 0.05) is 5.69 Å². The summed E-state index contributed by atoms with van der Waals surface area (Å²) >= 11 is 0. The molecule has 0 aromatic carbocycles. The van der Waals surface area contributed by atoms with Crippen LogP contribution in [-0.4, -0.2) is 16.1 Å². The molecule has 0 saturated heterocycles. The minimum absolute atomic E-state index is 0.146. The highest BCUT2D eigenvalue weighted by atomic mass is 16.4. The molecule has 1 aromatic heterocycles. The number of fused-ring (bicyclic) bond motifs is 1. The molecular weight excluding hydrogens is 182 g/mol. The van der Waals surface area contributed by atoms with E-state index in [4.69, 9.17) is 10.9 Å². The molecule has 0 bridgehead atoms. The van der Waals surface area contributed by atoms with Gasteiger partial charge < -0.3 is 10.5 Å². The maximum absolute atomic E-state index is 10.8. The molecule has 0 saturated carbocycles. The first-order chi connectivity index (χ1) is 6.72. The molecule has 14 heavy (non-hydrogen) atoms. The highest BCUT2D eigenvalue weighted by molar-refractivity contribution is 5.93. The smallest absolute Gasteiger partial charge is 0.339 e. The summed E-state index contributed by atoms with van der Waals surface area (Å²) in [5.74, 6) is 4.46. The molecule has 0 amide bonds. The molecule has 1 aromatic rings. The van der Waals surface area contributed by atoms with Crippen LogP contribution in [0.3, 0.4) is 0 Å². The molecule has 1 heterocycles. The number of aryl methyl sites for hydroxylation is 2. The van der Waals surface area contributed by atoms with E-state index in [0.717, 1.165) is 30.5 Å². The van der Waals surface area contributed by atoms with E-state index >= 15 is 0 Å². The molecular formula is C9H11N3O2. The van der Waals surface area contributed by atoms with Crippen LogP contribution < -0.4 is 11.3 Å². The topological polar surface area (TPSA) is 88.2 Å². The van der Waals surface area contributed by atoms with Crippen LogP contribution in [0.1, 0.15) is 28.0 Å². The Kier molecular flexibility index (Phi) is 2.09. The molecule has 5 nitrogen and oxygen atoms in total. The fourth-order valence-electron chi connectivity index (χ4n) is 1.75. The average Bonchev–Trinajstić information content (AvgIpc) is 2.62. The van der Waals surface area contributed by atoms with Gasteiger partial charge in [0.25, 0.3) is 0 Å². The molecule has 0 unspecified atom stereocenters. The standard InChI is InChI=1S/C9H11N3O2/c10-12-8-6(9(13)14)4-5-2-1-3-7(5)11-8/h4H,1-3,10H2,(H,11,12)(H,13,14). The molecule has 0 fully saturated rings. The van der Waals surface area contributed by atoms with Gasteiger partial charge in [0.1, 0.15) is 5.56 Å². The van der Waals surface area contributed by atoms with Crippen molar-refractivity contribution >= 4 is 11.8 Å². The third-order valence-electron chi connectivity index (χ3n) is 2.42. The van der Waals surface area contributed by atoms with Crippen LogP contribution in [0, 0.1) is 0 Å². The van der Waals surface area contributed by atoms with Gasteiger partial charge in [0.15, 0.2) is 5.82 Å². The van der Waals surface area contributed by atoms with E-state index in [9.17, 15) is 4.79 Å². The third-order valence-corrected chi connectivity index (χ3v) is 2.42. The molecule has 0 radical (unpaired) electrons. The number of hydrazine groups is 1. The summed E-state index contributed by atoms with van der Waals surface area (Å²) in [4.78, 5) is 15.0. The Labute approximate surface area is 80.9 Å². The molecule has 0 spiro atoms. The normalized spacial score (nSPS) is 13.8. The molecule has 0 atom stereocenters. The number of hydrogen-bond donors (Lipinski definition) is 3. The molecule has 1 aliphatic rings. The van der Waals surface area contributed by atoms with Gasteiger partial charge in [0.2, 0.25) is 0 Å². The van der Waals surface area contributed by atoms with E-state index < -0.39 is 5.97 Å². The van der Waals surface area contributed by atoms with Crippen LogP contribution in [-0.2, 0) is 12.8 Å². The number of carboxylic acids is 1. The SMILES string of the molecule is NNc1nc2c(cc1C(=O)O)CCC2. The molecule has 4 N–H and O–H groups in total. The number of nitrogens with one attached hydrogen (secondary N) is 1. The van der Waals surface area contributed by atoms with Gasteiger partial charge in [-0.15, -0.1) is 0 Å². The number of pyridine rings is 1. The highest BCUT2D eigenvalue weighted by Crippen LogP contribution is 2.24. The van der Waals surface area contributed by atoms with E-state index in [1.54, 1.807) is 6.07 Å². The molecule has 2 rings (SSSR count). The van der Waals surface area contributed by atoms with Crippen LogP contribution in [0.25, 0.3) is 0 Å². The fraction of sp³-hybridized carbons (Fsp3) is 0.333. The van der Waals surface area contributed by atoms with E-state index in [1.165, 1.54) is 0 Å². The van der Waals surface area contributed by atoms with E-state index in [-0.39, 0.29) is 11.4 Å². The minimum atomic E-state index is -1.000. The van der Waals surface area contributed by atoms with Gasteiger partial charge in [-0.2, -0.15) is 0 Å². The van der Waals surface area contributed by atoms with E-state index in [1.807, 2.05) is 0 Å². The minimum Gasteiger partial charge on any atom is -0.478 e. The lowest BCUT2D eigenvalue weighted by Crippen LogP contribution is -2.14. The number of nitrogens with zero attached hydrogens (tertiary/aromatic N) is 1. The van der Waals surface area contributed by atoms with Gasteiger partial charge >= 0.3 is 5.97 Å². The Bertz CT molecular complexity index is 390. The second-order valence-electron chi connectivity index (χ2n) is 3.29. The van der Waals surface area contributed by atoms with Crippen molar-refractivity contribution in [1.29, 1.82) is 0 Å². The van der Waals surface area contributed by atoms with Gasteiger partial charge in [0.05, 0.1) is 0 Å². The van der Waals surface area contributed by atoms with Crippen LogP contribution in [0.4, 0.5) is 5.82 Å². The lowest BCUT2D eigenvalue weighted by atomic mass is 10.1. The lowest BCUT2D eigenvalue weighted by molar-refractivity contribution is 0.0697. The molecule has 5 heteroatoms. The van der Waals surface area contributed by atoms with Crippen molar-refractivity contribution in [2.75, 3.05) is 5.43 Å². The monoisotopic (exact) mass is 193 g/mol. The summed E-state index contributed by atoms with van der Waals surface area (Å²) in [6.07, 6.45) is 2.85. The predicted octanol–water partition coefficient (Wildman–Crippen LogP) is 0.554. The Morgan fingerprint density at radius 2 is 2.36 bits per heavy atom. The number of carbonyl (C=O) groups is 1. The van der Waals surface area contributed by atoms with Crippen LogP contribution in [0.15, 0.2) is 6.07 Å². The summed E-state index contributed by atoms with van der Waals surface area (Å²) < 4.78 is 0. The van der Waals surface area contributed by atoms with E-state index in [0.29, 0.717) is 0 Å². The zero-order valence-electron chi connectivity index (χ0n) is 7.58. The first kappa shape index (κ1) is 8.96. The second-order valence-corrected chi connectivity index (χ2v) is 3.29. The number of aromatic nitrogens is 1. The molecule has 1 aliphatic carbocycles. The Morgan fingerprint density at radius 3 is 3.00 bits per heavy atom. The van der Waals surface area contributed by atoms with Crippen molar-refractivity contribution in [2.45, 2.75) is 19.3 Å². The first-order valence-electron chi connectivity index (χ1n) is 4.45. The number of rotatable bonds is 2. The Balaban J connectivity index is 2.54. The maximum Gasteiger partial charge on any atom is 0.339 e. The number of nitrogens with two attached hydrogens (primary N) is 1. The van der Waals surface area contributed by atoms with Crippen LogP contribution in [0.5, 0.6) is 0 Å². The van der Waals surface area contributed by atoms with Gasteiger partial charge in [-0.25, -0.2) is 15.6 Å². The predicted molar refractivity (Wildman–Crippen MR) is 51.0 cm³/mol. The second kappa shape index (κ2) is 3.26. The zero-order chi connectivity index (χ0) is 10.1. The van der Waals surface area contributed by atoms with Crippen molar-refractivity contribution in [3.63, 3.8) is 0 Å². The quantitative estimate of drug-likeness (QED) is 0.471. The van der Waals surface area contributed by atoms with Crippen molar-refractivity contribution < 1.29 is 9.90 Å². The Hall–Kier alpha value is -1.62. The molecule has 0 aliphatic heterocycles. The number of anilines is 1. The molecule has 74 valence electrons. The van der Waals surface area contributed by atoms with Crippen molar-refractivity contribution in [3.05, 3.63) is 22.9 Å². The number of aromatic carboxylic acids is 1. The Morgan fingerprint density at radius 1 is 1.57 bits per heavy atom. The van der Waals surface area contributed by atoms with Crippen molar-refractivity contribution in [1.82, 2.24) is 4.98 Å². The summed E-state index contributed by atoms with van der Waals surface area (Å²) in [6, 6.07) is 1.66. The maximum atomic E-state index is 10.8. The zero-order valence-corrected chi connectivity index (χ0v) is 7.58. The summed E-state index contributed by atoms with van der Waals surface area (Å²) in [5, 5.41) is 8.89.